The average Bonchev–Trinajstić information content (AvgIpc) is 2.87. The van der Waals surface area contributed by atoms with Gasteiger partial charge in [0, 0.05) is 11.3 Å². The number of hydrogen-bond donors (Lipinski definition) is 1. The van der Waals surface area contributed by atoms with Gasteiger partial charge in [0.25, 0.3) is 11.8 Å². The molecule has 1 aliphatic rings. The summed E-state index contributed by atoms with van der Waals surface area (Å²) in [5, 5.41) is 3.13. The summed E-state index contributed by atoms with van der Waals surface area (Å²) in [5.41, 5.74) is 1.81. The lowest BCUT2D eigenvalue weighted by Gasteiger charge is -2.56. The Bertz CT molecular complexity index is 1230. The van der Waals surface area contributed by atoms with E-state index in [9.17, 15) is 9.59 Å². The second-order valence-electron chi connectivity index (χ2n) is 7.82. The maximum Gasteiger partial charge on any atom is 0.260 e. The molecule has 5 rings (SSSR count). The Kier molecular flexibility index (Phi) is 5.04. The van der Waals surface area contributed by atoms with Crippen molar-refractivity contribution in [2.75, 3.05) is 4.90 Å². The van der Waals surface area contributed by atoms with Gasteiger partial charge in [-0.25, -0.2) is 0 Å². The molecule has 1 N–H and O–H groups in total. The van der Waals surface area contributed by atoms with Gasteiger partial charge in [-0.3, -0.25) is 14.5 Å². The molecule has 4 aromatic rings. The van der Waals surface area contributed by atoms with Crippen molar-refractivity contribution in [2.24, 2.45) is 0 Å². The molecule has 0 aliphatic carbocycles. The number of hydrogen-bond acceptors (Lipinski definition) is 2. The van der Waals surface area contributed by atoms with Crippen LogP contribution in [0.2, 0.25) is 0 Å². The zero-order chi connectivity index (χ0) is 22.0. The Hall–Kier alpha value is -4.18. The minimum Gasteiger partial charge on any atom is -0.332 e. The zero-order valence-corrected chi connectivity index (χ0v) is 17.4. The molecule has 0 bridgehead atoms. The molecule has 0 aromatic heterocycles. The first-order valence-corrected chi connectivity index (χ1v) is 10.6. The maximum atomic E-state index is 13.9. The third-order valence-corrected chi connectivity index (χ3v) is 5.95. The smallest absolute Gasteiger partial charge is 0.260 e. The van der Waals surface area contributed by atoms with Crippen molar-refractivity contribution in [3.63, 3.8) is 0 Å². The van der Waals surface area contributed by atoms with Crippen LogP contribution in [-0.4, -0.2) is 11.8 Å². The summed E-state index contributed by atoms with van der Waals surface area (Å²) in [5.74, 6) is -0.440. The fraction of sp³-hybridized carbons (Fsp3) is 0.0714. The van der Waals surface area contributed by atoms with Crippen LogP contribution in [0.1, 0.15) is 27.5 Å². The second-order valence-corrected chi connectivity index (χ2v) is 7.82. The monoisotopic (exact) mass is 418 g/mol. The molecule has 0 spiro atoms. The van der Waals surface area contributed by atoms with Crippen LogP contribution in [0.5, 0.6) is 0 Å². The summed E-state index contributed by atoms with van der Waals surface area (Å²) >= 11 is 0. The number of carbonyl (C=O) groups is 2. The molecule has 2 atom stereocenters. The lowest BCUT2D eigenvalue weighted by atomic mass is 9.69. The lowest BCUT2D eigenvalue weighted by Crippen LogP contribution is -2.73. The van der Waals surface area contributed by atoms with Gasteiger partial charge in [-0.2, -0.15) is 0 Å². The normalized spacial score (nSPS) is 19.8. The van der Waals surface area contributed by atoms with E-state index in [-0.39, 0.29) is 11.8 Å². The van der Waals surface area contributed by atoms with Crippen molar-refractivity contribution in [2.45, 2.75) is 11.6 Å². The summed E-state index contributed by atoms with van der Waals surface area (Å²) in [6.45, 7) is 0. The SMILES string of the molecule is O=C(N[C@@]1(c2ccccc2)C(=O)N(c2ccccc2)[C@@H]1c1ccccc1)c1ccccc1. The number of amides is 2. The van der Waals surface area contributed by atoms with Crippen molar-refractivity contribution < 1.29 is 9.59 Å². The molecule has 4 heteroatoms. The fourth-order valence-corrected chi connectivity index (χ4v) is 4.46. The molecule has 0 saturated carbocycles. The first kappa shape index (κ1) is 19.8. The highest BCUT2D eigenvalue weighted by molar-refractivity contribution is 6.12. The largest absolute Gasteiger partial charge is 0.332 e. The fourth-order valence-electron chi connectivity index (χ4n) is 4.46. The van der Waals surface area contributed by atoms with E-state index in [1.165, 1.54) is 0 Å². The third-order valence-electron chi connectivity index (χ3n) is 5.95. The van der Waals surface area contributed by atoms with Gasteiger partial charge < -0.3 is 5.32 Å². The number of nitrogens with zero attached hydrogens (tertiary/aromatic N) is 1. The molecule has 0 radical (unpaired) electrons. The number of β-lactam (4-membered cyclic amide) rings is 1. The van der Waals surface area contributed by atoms with E-state index in [0.717, 1.165) is 16.8 Å². The topological polar surface area (TPSA) is 49.4 Å². The Morgan fingerprint density at radius 3 is 1.78 bits per heavy atom. The van der Waals surface area contributed by atoms with Crippen molar-refractivity contribution in [1.82, 2.24) is 5.32 Å². The molecule has 1 fully saturated rings. The van der Waals surface area contributed by atoms with E-state index in [1.54, 1.807) is 17.0 Å². The molecule has 2 amide bonds. The highest BCUT2D eigenvalue weighted by Crippen LogP contribution is 2.52. The quantitative estimate of drug-likeness (QED) is 0.459. The summed E-state index contributed by atoms with van der Waals surface area (Å²) in [7, 11) is 0. The lowest BCUT2D eigenvalue weighted by molar-refractivity contribution is -0.134. The molecule has 0 unspecified atom stereocenters. The van der Waals surface area contributed by atoms with Crippen molar-refractivity contribution in [3.05, 3.63) is 138 Å². The Morgan fingerprint density at radius 2 is 1.19 bits per heavy atom. The molecular weight excluding hydrogens is 396 g/mol. The van der Waals surface area contributed by atoms with Gasteiger partial charge in [-0.05, 0) is 35.4 Å². The van der Waals surface area contributed by atoms with Gasteiger partial charge in [-0.15, -0.1) is 0 Å². The molecule has 4 aromatic carbocycles. The molecule has 1 saturated heterocycles. The van der Waals surface area contributed by atoms with E-state index in [0.29, 0.717) is 5.56 Å². The summed E-state index contributed by atoms with van der Waals surface area (Å²) in [6, 6.07) is 37.6. The predicted octanol–water partition coefficient (Wildman–Crippen LogP) is 5.10. The van der Waals surface area contributed by atoms with E-state index >= 15 is 0 Å². The second kappa shape index (κ2) is 8.16. The molecule has 1 heterocycles. The molecule has 156 valence electrons. The maximum absolute atomic E-state index is 13.9. The van der Waals surface area contributed by atoms with Gasteiger partial charge >= 0.3 is 0 Å². The number of rotatable bonds is 5. The van der Waals surface area contributed by atoms with Crippen molar-refractivity contribution in [3.8, 4) is 0 Å². The summed E-state index contributed by atoms with van der Waals surface area (Å²) in [6.07, 6.45) is 0. The van der Waals surface area contributed by atoms with E-state index < -0.39 is 11.6 Å². The average molecular weight is 418 g/mol. The van der Waals surface area contributed by atoms with Crippen LogP contribution in [0, 0.1) is 0 Å². The van der Waals surface area contributed by atoms with Gasteiger partial charge in [0.1, 0.15) is 0 Å². The molecule has 32 heavy (non-hydrogen) atoms. The zero-order valence-electron chi connectivity index (χ0n) is 17.4. The minimum atomic E-state index is -1.22. The number of para-hydroxylation sites is 1. The van der Waals surface area contributed by atoms with Gasteiger partial charge in [0.15, 0.2) is 5.54 Å². The van der Waals surface area contributed by atoms with Crippen LogP contribution in [0.3, 0.4) is 0 Å². The molecule has 4 nitrogen and oxygen atoms in total. The van der Waals surface area contributed by atoms with Crippen LogP contribution in [0.15, 0.2) is 121 Å². The third kappa shape index (κ3) is 3.17. The van der Waals surface area contributed by atoms with E-state index in [1.807, 2.05) is 109 Å². The van der Waals surface area contributed by atoms with Crippen molar-refractivity contribution >= 4 is 17.5 Å². The molecular formula is C28H22N2O2. The van der Waals surface area contributed by atoms with Gasteiger partial charge in [0.2, 0.25) is 0 Å². The molecule has 1 aliphatic heterocycles. The summed E-state index contributed by atoms with van der Waals surface area (Å²) in [4.78, 5) is 29.0. The highest BCUT2D eigenvalue weighted by Gasteiger charge is 2.63. The van der Waals surface area contributed by atoms with Gasteiger partial charge in [-0.1, -0.05) is 97.1 Å². The number of benzene rings is 4. The Balaban J connectivity index is 1.67. The highest BCUT2D eigenvalue weighted by atomic mass is 16.2. The van der Waals surface area contributed by atoms with Crippen molar-refractivity contribution in [1.29, 1.82) is 0 Å². The predicted molar refractivity (Wildman–Crippen MR) is 125 cm³/mol. The minimum absolute atomic E-state index is 0.159. The first-order chi connectivity index (χ1) is 15.7. The standard InChI is InChI=1S/C28H22N2O2/c31-26(22-15-7-2-8-16-22)29-28(23-17-9-3-10-18-23)25(21-13-5-1-6-14-21)30(27(28)32)24-19-11-4-12-20-24/h1-20,25H,(H,29,31)/t25-,28-/m1/s1. The van der Waals surface area contributed by atoms with E-state index in [2.05, 4.69) is 5.32 Å². The van der Waals surface area contributed by atoms with E-state index in [4.69, 9.17) is 0 Å². The Labute approximate surface area is 187 Å². The number of anilines is 1. The van der Waals surface area contributed by atoms with Crippen LogP contribution < -0.4 is 10.2 Å². The number of nitrogens with one attached hydrogen (secondary N) is 1. The van der Waals surface area contributed by atoms with Gasteiger partial charge in [0.05, 0.1) is 6.04 Å². The van der Waals surface area contributed by atoms with Crippen LogP contribution in [0.4, 0.5) is 5.69 Å². The summed E-state index contributed by atoms with van der Waals surface area (Å²) < 4.78 is 0. The van der Waals surface area contributed by atoms with Crippen LogP contribution in [-0.2, 0) is 10.3 Å². The first-order valence-electron chi connectivity index (χ1n) is 10.6. The Morgan fingerprint density at radius 1 is 0.688 bits per heavy atom. The van der Waals surface area contributed by atoms with Crippen LogP contribution in [0.25, 0.3) is 0 Å². The van der Waals surface area contributed by atoms with Crippen LogP contribution >= 0.6 is 0 Å². The number of carbonyl (C=O) groups excluding carboxylic acids is 2.